The number of guanidine groups is 1. The van der Waals surface area contributed by atoms with E-state index < -0.39 is 11.7 Å². The third-order valence-corrected chi connectivity index (χ3v) is 5.11. The minimum atomic E-state index is -0.792. The molecule has 9 heteroatoms. The van der Waals surface area contributed by atoms with Gasteiger partial charge in [0, 0.05) is 31.7 Å². The molecule has 2 N–H and O–H groups in total. The number of ether oxygens (including phenoxy) is 3. The van der Waals surface area contributed by atoms with Crippen LogP contribution in [0.4, 0.5) is 4.79 Å². The van der Waals surface area contributed by atoms with Crippen molar-refractivity contribution in [2.24, 2.45) is 4.99 Å². The predicted molar refractivity (Wildman–Crippen MR) is 113 cm³/mol. The number of benzene rings is 1. The fourth-order valence-electron chi connectivity index (χ4n) is 3.62. The number of carbonyl (C=O) groups is 1. The zero-order valence-electron chi connectivity index (χ0n) is 18.3. The molecule has 30 heavy (non-hydrogen) atoms. The molecule has 2 aliphatic heterocycles. The van der Waals surface area contributed by atoms with E-state index in [1.165, 1.54) is 0 Å². The summed E-state index contributed by atoms with van der Waals surface area (Å²) in [6.07, 6.45) is -1.08. The van der Waals surface area contributed by atoms with E-state index in [0.29, 0.717) is 43.2 Å². The number of hydrogen-bond acceptors (Lipinski definition) is 8. The van der Waals surface area contributed by atoms with Gasteiger partial charge in [-0.25, -0.2) is 4.79 Å². The van der Waals surface area contributed by atoms with E-state index in [2.05, 4.69) is 15.2 Å². The topological polar surface area (TPSA) is 95.9 Å². The van der Waals surface area contributed by atoms with Crippen LogP contribution in [-0.4, -0.2) is 85.5 Å². The Balaban J connectivity index is 1.56. The van der Waals surface area contributed by atoms with Crippen LogP contribution in [0.25, 0.3) is 0 Å². The highest BCUT2D eigenvalue weighted by Gasteiger charge is 2.36. The van der Waals surface area contributed by atoms with E-state index in [1.807, 2.05) is 20.8 Å². The van der Waals surface area contributed by atoms with Gasteiger partial charge in [-0.1, -0.05) is 0 Å². The van der Waals surface area contributed by atoms with Gasteiger partial charge < -0.3 is 34.4 Å². The second kappa shape index (κ2) is 8.99. The summed E-state index contributed by atoms with van der Waals surface area (Å²) >= 11 is 0. The van der Waals surface area contributed by atoms with Crippen molar-refractivity contribution >= 4 is 12.1 Å². The predicted octanol–water partition coefficient (Wildman–Crippen LogP) is 1.62. The van der Waals surface area contributed by atoms with Gasteiger partial charge in [-0.15, -0.1) is 0 Å². The zero-order valence-corrected chi connectivity index (χ0v) is 18.3. The summed E-state index contributed by atoms with van der Waals surface area (Å²) in [6, 6.07) is 5.44. The van der Waals surface area contributed by atoms with Crippen LogP contribution in [-0.2, 0) is 4.74 Å². The van der Waals surface area contributed by atoms with Crippen LogP contribution >= 0.6 is 0 Å². The van der Waals surface area contributed by atoms with Gasteiger partial charge in [-0.2, -0.15) is 0 Å². The Morgan fingerprint density at radius 2 is 2.07 bits per heavy atom. The number of methoxy groups -OCH3 is 2. The summed E-state index contributed by atoms with van der Waals surface area (Å²) in [5.41, 5.74) is 0.138. The van der Waals surface area contributed by atoms with Gasteiger partial charge in [-0.3, -0.25) is 4.99 Å². The van der Waals surface area contributed by atoms with Gasteiger partial charge >= 0.3 is 6.09 Å². The number of nitrogens with zero attached hydrogens (tertiary/aromatic N) is 3. The Labute approximate surface area is 177 Å². The third kappa shape index (κ3) is 5.08. The number of amides is 1. The van der Waals surface area contributed by atoms with Gasteiger partial charge in [0.15, 0.2) is 5.96 Å². The molecule has 2 unspecified atom stereocenters. The van der Waals surface area contributed by atoms with Crippen LogP contribution in [0, 0.1) is 0 Å². The summed E-state index contributed by atoms with van der Waals surface area (Å²) in [5, 5.41) is 13.9. The SMILES string of the molecule is COc1ccc(OC)c(C(O)CNC2=NCC3CN(C(=O)OC(C)(C)C)CCN23)c1. The molecule has 1 saturated heterocycles. The molecule has 3 rings (SSSR count). The Hall–Kier alpha value is -2.68. The molecule has 9 nitrogen and oxygen atoms in total. The Kier molecular flexibility index (Phi) is 6.60. The van der Waals surface area contributed by atoms with Gasteiger partial charge in [0.2, 0.25) is 0 Å². The molecule has 2 aliphatic rings. The molecule has 0 aromatic heterocycles. The van der Waals surface area contributed by atoms with Crippen LogP contribution < -0.4 is 14.8 Å². The van der Waals surface area contributed by atoms with E-state index in [1.54, 1.807) is 37.3 Å². The normalized spacial score (nSPS) is 19.7. The van der Waals surface area contributed by atoms with Crippen molar-refractivity contribution in [2.75, 3.05) is 46.9 Å². The summed E-state index contributed by atoms with van der Waals surface area (Å²) in [5.74, 6) is 1.99. The molecule has 166 valence electrons. The number of carbonyl (C=O) groups excluding carboxylic acids is 1. The third-order valence-electron chi connectivity index (χ3n) is 5.11. The first-order chi connectivity index (χ1) is 14.2. The highest BCUT2D eigenvalue weighted by Crippen LogP contribution is 2.29. The Morgan fingerprint density at radius 3 is 2.73 bits per heavy atom. The van der Waals surface area contributed by atoms with E-state index in [-0.39, 0.29) is 18.7 Å². The number of fused-ring (bicyclic) bond motifs is 1. The molecule has 2 heterocycles. The second-order valence-corrected chi connectivity index (χ2v) is 8.44. The van der Waals surface area contributed by atoms with Gasteiger partial charge in [0.25, 0.3) is 0 Å². The van der Waals surface area contributed by atoms with E-state index in [9.17, 15) is 9.90 Å². The fourth-order valence-corrected chi connectivity index (χ4v) is 3.62. The van der Waals surface area contributed by atoms with Crippen molar-refractivity contribution in [1.29, 1.82) is 0 Å². The van der Waals surface area contributed by atoms with Crippen LogP contribution in [0.1, 0.15) is 32.4 Å². The molecular weight excluding hydrogens is 388 g/mol. The first-order valence-corrected chi connectivity index (χ1v) is 10.1. The molecule has 0 saturated carbocycles. The van der Waals surface area contributed by atoms with Crippen molar-refractivity contribution in [3.8, 4) is 11.5 Å². The molecule has 0 bridgehead atoms. The zero-order chi connectivity index (χ0) is 21.9. The molecule has 0 radical (unpaired) electrons. The number of nitrogens with one attached hydrogen (secondary N) is 1. The van der Waals surface area contributed by atoms with Crippen molar-refractivity contribution in [2.45, 2.75) is 38.5 Å². The number of piperazine rings is 1. The highest BCUT2D eigenvalue weighted by molar-refractivity contribution is 5.82. The highest BCUT2D eigenvalue weighted by atomic mass is 16.6. The smallest absolute Gasteiger partial charge is 0.410 e. The van der Waals surface area contributed by atoms with Crippen LogP contribution in [0.15, 0.2) is 23.2 Å². The number of rotatable bonds is 5. The minimum Gasteiger partial charge on any atom is -0.497 e. The van der Waals surface area contributed by atoms with Gasteiger partial charge in [0.1, 0.15) is 17.1 Å². The van der Waals surface area contributed by atoms with Crippen LogP contribution in [0.3, 0.4) is 0 Å². The first-order valence-electron chi connectivity index (χ1n) is 10.1. The van der Waals surface area contributed by atoms with Crippen molar-refractivity contribution in [3.05, 3.63) is 23.8 Å². The van der Waals surface area contributed by atoms with E-state index >= 15 is 0 Å². The maximum Gasteiger partial charge on any atom is 0.410 e. The molecule has 1 aromatic rings. The fraction of sp³-hybridized carbons (Fsp3) is 0.619. The summed E-state index contributed by atoms with van der Waals surface area (Å²) < 4.78 is 16.1. The van der Waals surface area contributed by atoms with Crippen molar-refractivity contribution in [3.63, 3.8) is 0 Å². The summed E-state index contributed by atoms with van der Waals surface area (Å²) in [6.45, 7) is 8.27. The van der Waals surface area contributed by atoms with Crippen molar-refractivity contribution in [1.82, 2.24) is 15.1 Å². The van der Waals surface area contributed by atoms with Crippen LogP contribution in [0.2, 0.25) is 0 Å². The lowest BCUT2D eigenvalue weighted by atomic mass is 10.1. The number of aliphatic hydroxyl groups excluding tert-OH is 1. The molecular formula is C21H32N4O5. The minimum absolute atomic E-state index is 0.109. The molecule has 1 fully saturated rings. The van der Waals surface area contributed by atoms with E-state index in [0.717, 1.165) is 5.96 Å². The molecule has 0 spiro atoms. The first kappa shape index (κ1) is 22.0. The van der Waals surface area contributed by atoms with E-state index in [4.69, 9.17) is 14.2 Å². The Morgan fingerprint density at radius 1 is 1.30 bits per heavy atom. The maximum absolute atomic E-state index is 12.3. The number of hydrogen-bond donors (Lipinski definition) is 2. The average Bonchev–Trinajstić information content (AvgIpc) is 3.12. The largest absolute Gasteiger partial charge is 0.497 e. The molecule has 1 aromatic carbocycles. The number of aliphatic hydroxyl groups is 1. The van der Waals surface area contributed by atoms with Crippen molar-refractivity contribution < 1.29 is 24.1 Å². The number of aliphatic imine (C=N–C) groups is 1. The Bertz CT molecular complexity index is 792. The quantitative estimate of drug-likeness (QED) is 0.747. The lowest BCUT2D eigenvalue weighted by Crippen LogP contribution is -2.57. The standard InChI is InChI=1S/C21H32N4O5/c1-21(2,3)30-20(27)24-8-9-25-14(13-24)11-22-19(25)23-12-17(26)16-10-15(28-4)6-7-18(16)29-5/h6-7,10,14,17,26H,8-9,11-13H2,1-5H3,(H,22,23). The lowest BCUT2D eigenvalue weighted by molar-refractivity contribution is 0.0137. The van der Waals surface area contributed by atoms with Crippen LogP contribution in [0.5, 0.6) is 11.5 Å². The lowest BCUT2D eigenvalue weighted by Gasteiger charge is -2.39. The summed E-state index contributed by atoms with van der Waals surface area (Å²) in [7, 11) is 3.15. The average molecular weight is 421 g/mol. The molecule has 2 atom stereocenters. The molecule has 0 aliphatic carbocycles. The maximum atomic E-state index is 12.3. The molecule has 1 amide bonds. The monoisotopic (exact) mass is 420 g/mol. The summed E-state index contributed by atoms with van der Waals surface area (Å²) in [4.78, 5) is 20.8. The second-order valence-electron chi connectivity index (χ2n) is 8.44. The van der Waals surface area contributed by atoms with Gasteiger partial charge in [-0.05, 0) is 39.0 Å². The van der Waals surface area contributed by atoms with Gasteiger partial charge in [0.05, 0.1) is 32.9 Å².